The molecule has 0 radical (unpaired) electrons. The highest BCUT2D eigenvalue weighted by Crippen LogP contribution is 2.23. The van der Waals surface area contributed by atoms with Crippen molar-refractivity contribution in [1.29, 1.82) is 0 Å². The summed E-state index contributed by atoms with van der Waals surface area (Å²) in [5.41, 5.74) is 3.91. The summed E-state index contributed by atoms with van der Waals surface area (Å²) in [5.74, 6) is 1.10. The maximum Gasteiger partial charge on any atom is 0.322 e. The molecule has 6 nitrogen and oxygen atoms in total. The van der Waals surface area contributed by atoms with Gasteiger partial charge in [0.15, 0.2) is 0 Å². The normalized spacial score (nSPS) is 13.9. The first-order valence-electron chi connectivity index (χ1n) is 9.46. The van der Waals surface area contributed by atoms with Crippen LogP contribution in [0.2, 0.25) is 0 Å². The molecule has 142 valence electrons. The quantitative estimate of drug-likeness (QED) is 0.723. The van der Waals surface area contributed by atoms with Gasteiger partial charge in [-0.15, -0.1) is 10.2 Å². The lowest BCUT2D eigenvalue weighted by Gasteiger charge is -2.28. The predicted molar refractivity (Wildman–Crippen MR) is 109 cm³/mol. The van der Waals surface area contributed by atoms with Gasteiger partial charge in [0.1, 0.15) is 0 Å². The van der Waals surface area contributed by atoms with E-state index in [0.717, 1.165) is 23.2 Å². The van der Waals surface area contributed by atoms with Gasteiger partial charge in [0.25, 0.3) is 0 Å². The van der Waals surface area contributed by atoms with E-state index in [0.29, 0.717) is 31.3 Å². The van der Waals surface area contributed by atoms with Crippen LogP contribution < -0.4 is 5.32 Å². The van der Waals surface area contributed by atoms with E-state index in [1.807, 2.05) is 54.3 Å². The summed E-state index contributed by atoms with van der Waals surface area (Å²) in [5, 5.41) is 11.0. The Balaban J connectivity index is 1.40. The number of urea groups is 1. The minimum Gasteiger partial charge on any atom is -0.421 e. The van der Waals surface area contributed by atoms with Crippen LogP contribution in [0.5, 0.6) is 0 Å². The van der Waals surface area contributed by atoms with Crippen molar-refractivity contribution < 1.29 is 9.21 Å². The number of nitrogens with one attached hydrogen (secondary N) is 1. The molecule has 1 aliphatic rings. The maximum absolute atomic E-state index is 12.7. The van der Waals surface area contributed by atoms with Crippen LogP contribution in [0, 0.1) is 0 Å². The number of aryl methyl sites for hydroxylation is 1. The van der Waals surface area contributed by atoms with Gasteiger partial charge in [-0.25, -0.2) is 4.79 Å². The third-order valence-electron chi connectivity index (χ3n) is 4.74. The first-order valence-corrected chi connectivity index (χ1v) is 9.46. The van der Waals surface area contributed by atoms with E-state index < -0.39 is 0 Å². The highest BCUT2D eigenvalue weighted by Gasteiger charge is 2.19. The second-order valence-electron chi connectivity index (χ2n) is 6.67. The van der Waals surface area contributed by atoms with E-state index in [-0.39, 0.29) is 6.03 Å². The number of carbonyl (C=O) groups is 1. The van der Waals surface area contributed by atoms with E-state index in [2.05, 4.69) is 33.7 Å². The molecule has 1 aliphatic heterocycles. The van der Waals surface area contributed by atoms with E-state index in [4.69, 9.17) is 4.42 Å². The number of amides is 2. The molecule has 3 aromatic rings. The monoisotopic (exact) mass is 374 g/mol. The first kappa shape index (κ1) is 18.0. The third kappa shape index (κ3) is 3.96. The van der Waals surface area contributed by atoms with Gasteiger partial charge in [0, 0.05) is 30.8 Å². The number of anilines is 1. The van der Waals surface area contributed by atoms with E-state index >= 15 is 0 Å². The van der Waals surface area contributed by atoms with Crippen LogP contribution in [0.4, 0.5) is 10.5 Å². The second-order valence-corrected chi connectivity index (χ2v) is 6.67. The Hall–Kier alpha value is -3.41. The average Bonchev–Trinajstić information content (AvgIpc) is 3.24. The molecular formula is C22H22N4O2. The molecule has 0 unspecified atom stereocenters. The van der Waals surface area contributed by atoms with E-state index in [1.54, 1.807) is 0 Å². The van der Waals surface area contributed by atoms with Crippen molar-refractivity contribution in [2.75, 3.05) is 18.4 Å². The zero-order valence-electron chi connectivity index (χ0n) is 15.8. The molecule has 2 amide bonds. The largest absolute Gasteiger partial charge is 0.421 e. The smallest absolute Gasteiger partial charge is 0.322 e. The topological polar surface area (TPSA) is 71.3 Å². The van der Waals surface area contributed by atoms with Crippen LogP contribution in [0.25, 0.3) is 17.0 Å². The number of benzene rings is 2. The van der Waals surface area contributed by atoms with Crippen LogP contribution in [0.1, 0.15) is 24.8 Å². The van der Waals surface area contributed by atoms with Crippen LogP contribution in [0.15, 0.2) is 65.1 Å². The fourth-order valence-corrected chi connectivity index (χ4v) is 3.19. The Morgan fingerprint density at radius 3 is 2.57 bits per heavy atom. The molecule has 4 rings (SSSR count). The summed E-state index contributed by atoms with van der Waals surface area (Å²) in [6, 6.07) is 17.5. The van der Waals surface area contributed by atoms with E-state index in [1.165, 1.54) is 5.57 Å². The van der Waals surface area contributed by atoms with Crippen molar-refractivity contribution in [3.63, 3.8) is 0 Å². The van der Waals surface area contributed by atoms with Crippen molar-refractivity contribution in [1.82, 2.24) is 15.1 Å². The van der Waals surface area contributed by atoms with Gasteiger partial charge in [-0.1, -0.05) is 43.3 Å². The van der Waals surface area contributed by atoms with Crippen LogP contribution >= 0.6 is 0 Å². The zero-order valence-corrected chi connectivity index (χ0v) is 15.8. The maximum atomic E-state index is 12.7. The van der Waals surface area contributed by atoms with Crippen LogP contribution in [-0.4, -0.2) is 34.2 Å². The molecule has 0 saturated heterocycles. The number of rotatable bonds is 4. The molecule has 1 N–H and O–H groups in total. The Bertz CT molecular complexity index is 977. The van der Waals surface area contributed by atoms with Crippen molar-refractivity contribution in [2.45, 2.75) is 19.8 Å². The van der Waals surface area contributed by atoms with Crippen LogP contribution in [-0.2, 0) is 6.42 Å². The molecule has 2 heterocycles. The highest BCUT2D eigenvalue weighted by molar-refractivity contribution is 5.91. The molecule has 0 saturated carbocycles. The minimum atomic E-state index is -0.0969. The van der Waals surface area contributed by atoms with Crippen molar-refractivity contribution >= 4 is 17.3 Å². The van der Waals surface area contributed by atoms with Gasteiger partial charge in [-0.2, -0.15) is 0 Å². The Labute approximate surface area is 163 Å². The summed E-state index contributed by atoms with van der Waals surface area (Å²) in [6.45, 7) is 3.28. The second kappa shape index (κ2) is 8.08. The summed E-state index contributed by atoms with van der Waals surface area (Å²) < 4.78 is 5.56. The molecule has 0 spiro atoms. The van der Waals surface area contributed by atoms with E-state index in [9.17, 15) is 4.79 Å². The van der Waals surface area contributed by atoms with Gasteiger partial charge < -0.3 is 14.6 Å². The Kier molecular flexibility index (Phi) is 5.19. The van der Waals surface area contributed by atoms with Crippen molar-refractivity contribution in [3.05, 3.63) is 72.1 Å². The number of aromatic nitrogens is 2. The average molecular weight is 374 g/mol. The minimum absolute atomic E-state index is 0.0969. The number of carbonyl (C=O) groups excluding carboxylic acids is 1. The van der Waals surface area contributed by atoms with Gasteiger partial charge in [0.2, 0.25) is 11.8 Å². The molecule has 0 bridgehead atoms. The predicted octanol–water partition coefficient (Wildman–Crippen LogP) is 4.62. The van der Waals surface area contributed by atoms with Gasteiger partial charge in [0.05, 0.1) is 0 Å². The molecule has 0 fully saturated rings. The lowest BCUT2D eigenvalue weighted by atomic mass is 10.0. The fraction of sp³-hybridized carbons (Fsp3) is 0.227. The molecule has 0 aliphatic carbocycles. The van der Waals surface area contributed by atoms with Gasteiger partial charge >= 0.3 is 6.03 Å². The highest BCUT2D eigenvalue weighted by atomic mass is 16.4. The molecule has 28 heavy (non-hydrogen) atoms. The Morgan fingerprint density at radius 1 is 1.07 bits per heavy atom. The van der Waals surface area contributed by atoms with Crippen molar-refractivity contribution in [2.24, 2.45) is 0 Å². The van der Waals surface area contributed by atoms with Crippen LogP contribution in [0.3, 0.4) is 0 Å². The fourth-order valence-electron chi connectivity index (χ4n) is 3.19. The molecular weight excluding hydrogens is 352 g/mol. The van der Waals surface area contributed by atoms with Gasteiger partial charge in [-0.3, -0.25) is 0 Å². The first-order chi connectivity index (χ1) is 13.7. The standard InChI is InChI=1S/C22H22N4O2/c1-2-20-24-25-21(28-20)17-10-12-19(13-11-17)23-22(27)26-14-6-9-18(15-26)16-7-4-3-5-8-16/h3-5,7-13H,2,6,14-15H2,1H3,(H,23,27). The zero-order chi connectivity index (χ0) is 19.3. The Morgan fingerprint density at radius 2 is 1.86 bits per heavy atom. The number of nitrogens with zero attached hydrogens (tertiary/aromatic N) is 3. The van der Waals surface area contributed by atoms with Crippen molar-refractivity contribution in [3.8, 4) is 11.5 Å². The summed E-state index contributed by atoms with van der Waals surface area (Å²) in [4.78, 5) is 14.5. The summed E-state index contributed by atoms with van der Waals surface area (Å²) >= 11 is 0. The third-order valence-corrected chi connectivity index (χ3v) is 4.74. The summed E-state index contributed by atoms with van der Waals surface area (Å²) in [7, 11) is 0. The summed E-state index contributed by atoms with van der Waals surface area (Å²) in [6.07, 6.45) is 3.77. The number of hydrogen-bond donors (Lipinski definition) is 1. The molecule has 0 atom stereocenters. The molecule has 2 aromatic carbocycles. The lowest BCUT2D eigenvalue weighted by molar-refractivity contribution is 0.217. The SMILES string of the molecule is CCc1nnc(-c2ccc(NC(=O)N3CCC=C(c4ccccc4)C3)cc2)o1. The molecule has 1 aromatic heterocycles. The van der Waals surface area contributed by atoms with Gasteiger partial charge in [-0.05, 0) is 41.8 Å². The lowest BCUT2D eigenvalue weighted by Crippen LogP contribution is -2.38. The number of hydrogen-bond acceptors (Lipinski definition) is 4. The molecule has 6 heteroatoms.